The minimum Gasteiger partial charge on any atom is -0.504 e. The second-order valence-electron chi connectivity index (χ2n) is 4.15. The van der Waals surface area contributed by atoms with Crippen molar-refractivity contribution in [3.05, 3.63) is 24.3 Å². The van der Waals surface area contributed by atoms with Crippen LogP contribution in [0.1, 0.15) is 12.8 Å². The number of benzene rings is 1. The van der Waals surface area contributed by atoms with Gasteiger partial charge in [-0.15, -0.1) is 0 Å². The first kappa shape index (κ1) is 16.3. The van der Waals surface area contributed by atoms with Crippen LogP contribution in [0, 0.1) is 0 Å². The number of phenols is 1. The monoisotopic (exact) mass is 297 g/mol. The highest BCUT2D eigenvalue weighted by Gasteiger charge is 2.21. The molecule has 0 aliphatic carbocycles. The van der Waals surface area contributed by atoms with Gasteiger partial charge in [0.05, 0.1) is 0 Å². The molecule has 4 N–H and O–H groups in total. The van der Waals surface area contributed by atoms with Crippen LogP contribution in [-0.4, -0.2) is 45.8 Å². The Balaban J connectivity index is 2.49. The van der Waals surface area contributed by atoms with E-state index in [9.17, 15) is 19.5 Å². The van der Waals surface area contributed by atoms with Crippen LogP contribution >= 0.6 is 0 Å². The average Bonchev–Trinajstić information content (AvgIpc) is 2.42. The molecule has 0 fully saturated rings. The molecule has 0 heterocycles. The highest BCUT2D eigenvalue weighted by Crippen LogP contribution is 2.23. The van der Waals surface area contributed by atoms with Crippen molar-refractivity contribution in [2.24, 2.45) is 0 Å². The van der Waals surface area contributed by atoms with Gasteiger partial charge in [-0.2, -0.15) is 0 Å². The molecule has 0 aliphatic heterocycles. The Morgan fingerprint density at radius 3 is 2.43 bits per heavy atom. The van der Waals surface area contributed by atoms with E-state index in [2.05, 4.69) is 5.32 Å². The molecule has 1 amide bonds. The van der Waals surface area contributed by atoms with Crippen LogP contribution in [0.2, 0.25) is 0 Å². The Morgan fingerprint density at radius 1 is 1.19 bits per heavy atom. The molecule has 1 aromatic rings. The van der Waals surface area contributed by atoms with Gasteiger partial charge in [-0.05, 0) is 18.6 Å². The summed E-state index contributed by atoms with van der Waals surface area (Å²) >= 11 is 0. The van der Waals surface area contributed by atoms with Gasteiger partial charge in [0, 0.05) is 6.42 Å². The first-order valence-corrected chi connectivity index (χ1v) is 6.05. The van der Waals surface area contributed by atoms with Gasteiger partial charge in [0.1, 0.15) is 6.04 Å². The van der Waals surface area contributed by atoms with Crippen molar-refractivity contribution in [1.82, 2.24) is 5.32 Å². The third kappa shape index (κ3) is 5.81. The number of carboxylic acids is 2. The first-order chi connectivity index (χ1) is 9.90. The fourth-order valence-corrected chi connectivity index (χ4v) is 1.48. The number of ether oxygens (including phenoxy) is 1. The minimum atomic E-state index is -1.33. The maximum absolute atomic E-state index is 11.6. The van der Waals surface area contributed by atoms with E-state index in [-0.39, 0.29) is 24.3 Å². The molecule has 114 valence electrons. The lowest BCUT2D eigenvalue weighted by Gasteiger charge is -2.14. The first-order valence-electron chi connectivity index (χ1n) is 6.05. The van der Waals surface area contributed by atoms with Crippen molar-refractivity contribution in [3.8, 4) is 11.5 Å². The third-order valence-electron chi connectivity index (χ3n) is 2.50. The number of para-hydroxylation sites is 2. The summed E-state index contributed by atoms with van der Waals surface area (Å²) in [4.78, 5) is 32.8. The molecule has 0 saturated carbocycles. The number of carboxylic acid groups (broad SMARTS) is 2. The molecule has 0 aliphatic rings. The summed E-state index contributed by atoms with van der Waals surface area (Å²) in [5.41, 5.74) is 0. The predicted octanol–water partition coefficient (Wildman–Crippen LogP) is 0.205. The van der Waals surface area contributed by atoms with E-state index in [1.807, 2.05) is 0 Å². The third-order valence-corrected chi connectivity index (χ3v) is 2.50. The van der Waals surface area contributed by atoms with Gasteiger partial charge >= 0.3 is 11.9 Å². The normalized spacial score (nSPS) is 11.4. The van der Waals surface area contributed by atoms with Gasteiger partial charge < -0.3 is 25.4 Å². The summed E-state index contributed by atoms with van der Waals surface area (Å²) in [6, 6.07) is 4.69. The SMILES string of the molecule is O=C(O)CC[C@H](NC(=O)COc1ccccc1O)C(=O)O. The van der Waals surface area contributed by atoms with Gasteiger partial charge in [0.25, 0.3) is 5.91 Å². The lowest BCUT2D eigenvalue weighted by molar-refractivity contribution is -0.143. The van der Waals surface area contributed by atoms with Crippen molar-refractivity contribution >= 4 is 17.8 Å². The van der Waals surface area contributed by atoms with Gasteiger partial charge in [0.15, 0.2) is 18.1 Å². The Kier molecular flexibility index (Phi) is 5.99. The number of aromatic hydroxyl groups is 1. The van der Waals surface area contributed by atoms with Gasteiger partial charge in [-0.1, -0.05) is 12.1 Å². The highest BCUT2D eigenvalue weighted by atomic mass is 16.5. The highest BCUT2D eigenvalue weighted by molar-refractivity contribution is 5.84. The molecular weight excluding hydrogens is 282 g/mol. The number of aliphatic carboxylic acids is 2. The summed E-state index contributed by atoms with van der Waals surface area (Å²) in [6.45, 7) is -0.492. The number of nitrogens with one attached hydrogen (secondary N) is 1. The predicted molar refractivity (Wildman–Crippen MR) is 70.0 cm³/mol. The summed E-state index contributed by atoms with van der Waals surface area (Å²) in [7, 11) is 0. The van der Waals surface area contributed by atoms with Gasteiger partial charge in [0.2, 0.25) is 0 Å². The second-order valence-corrected chi connectivity index (χ2v) is 4.15. The summed E-state index contributed by atoms with van der Waals surface area (Å²) in [5.74, 6) is -3.26. The molecule has 1 aromatic carbocycles. The molecule has 0 spiro atoms. The minimum absolute atomic E-state index is 0.0880. The van der Waals surface area contributed by atoms with E-state index in [1.54, 1.807) is 12.1 Å². The van der Waals surface area contributed by atoms with Crippen LogP contribution < -0.4 is 10.1 Å². The second kappa shape index (κ2) is 7.73. The maximum Gasteiger partial charge on any atom is 0.326 e. The quantitative estimate of drug-likeness (QED) is 0.538. The molecule has 8 heteroatoms. The maximum atomic E-state index is 11.6. The summed E-state index contributed by atoms with van der Waals surface area (Å²) in [5, 5.41) is 29.0. The summed E-state index contributed by atoms with van der Waals surface area (Å²) < 4.78 is 5.03. The fourth-order valence-electron chi connectivity index (χ4n) is 1.48. The number of carbonyl (C=O) groups excluding carboxylic acids is 1. The molecule has 8 nitrogen and oxygen atoms in total. The average molecular weight is 297 g/mol. The molecule has 0 saturated heterocycles. The van der Waals surface area contributed by atoms with Crippen LogP contribution in [0.4, 0.5) is 0 Å². The van der Waals surface area contributed by atoms with E-state index < -0.39 is 30.5 Å². The topological polar surface area (TPSA) is 133 Å². The lowest BCUT2D eigenvalue weighted by Crippen LogP contribution is -2.43. The van der Waals surface area contributed by atoms with E-state index in [1.165, 1.54) is 12.1 Å². The Morgan fingerprint density at radius 2 is 1.86 bits per heavy atom. The van der Waals surface area contributed by atoms with Crippen molar-refractivity contribution in [2.75, 3.05) is 6.61 Å². The largest absolute Gasteiger partial charge is 0.504 e. The Labute approximate surface area is 120 Å². The van der Waals surface area contributed by atoms with Crippen molar-refractivity contribution in [1.29, 1.82) is 0 Å². The Bertz CT molecular complexity index is 529. The standard InChI is InChI=1S/C13H15NO7/c15-9-3-1-2-4-10(9)21-7-11(16)14-8(13(19)20)5-6-12(17)18/h1-4,8,15H,5-7H2,(H,14,16)(H,17,18)(H,19,20)/t8-/m0/s1. The number of hydrogen-bond acceptors (Lipinski definition) is 5. The number of carbonyl (C=O) groups is 3. The van der Waals surface area contributed by atoms with Crippen LogP contribution in [0.5, 0.6) is 11.5 Å². The van der Waals surface area contributed by atoms with Crippen molar-refractivity contribution < 1.29 is 34.4 Å². The molecule has 1 rings (SSSR count). The zero-order valence-electron chi connectivity index (χ0n) is 11.0. The van der Waals surface area contributed by atoms with Crippen molar-refractivity contribution in [2.45, 2.75) is 18.9 Å². The van der Waals surface area contributed by atoms with Gasteiger partial charge in [-0.25, -0.2) is 4.79 Å². The summed E-state index contributed by atoms with van der Waals surface area (Å²) in [6.07, 6.45) is -0.607. The fraction of sp³-hybridized carbons (Fsp3) is 0.308. The zero-order valence-corrected chi connectivity index (χ0v) is 11.0. The molecule has 21 heavy (non-hydrogen) atoms. The molecule has 0 aromatic heterocycles. The lowest BCUT2D eigenvalue weighted by atomic mass is 10.1. The van der Waals surface area contributed by atoms with E-state index in [0.717, 1.165) is 0 Å². The zero-order chi connectivity index (χ0) is 15.8. The smallest absolute Gasteiger partial charge is 0.326 e. The molecule has 0 bridgehead atoms. The number of rotatable bonds is 8. The molecule has 1 atom stereocenters. The molecule has 0 unspecified atom stereocenters. The van der Waals surface area contributed by atoms with Gasteiger partial charge in [-0.3, -0.25) is 9.59 Å². The van der Waals surface area contributed by atoms with Crippen LogP contribution in [0.25, 0.3) is 0 Å². The number of hydrogen-bond donors (Lipinski definition) is 4. The van der Waals surface area contributed by atoms with Crippen LogP contribution in [-0.2, 0) is 14.4 Å². The Hall–Kier alpha value is -2.77. The van der Waals surface area contributed by atoms with E-state index >= 15 is 0 Å². The van der Waals surface area contributed by atoms with Crippen molar-refractivity contribution in [3.63, 3.8) is 0 Å². The molecular formula is C13H15NO7. The van der Waals surface area contributed by atoms with E-state index in [0.29, 0.717) is 0 Å². The number of phenolic OH excluding ortho intramolecular Hbond substituents is 1. The van der Waals surface area contributed by atoms with E-state index in [4.69, 9.17) is 14.9 Å². The van der Waals surface area contributed by atoms with Crippen LogP contribution in [0.15, 0.2) is 24.3 Å². The van der Waals surface area contributed by atoms with Crippen LogP contribution in [0.3, 0.4) is 0 Å². The molecule has 0 radical (unpaired) electrons. The number of amides is 1.